The lowest BCUT2D eigenvalue weighted by molar-refractivity contribution is -0.136. The quantitative estimate of drug-likeness (QED) is 0.755. The molecule has 8 heteroatoms. The first kappa shape index (κ1) is 20.2. The molecule has 0 aromatic heterocycles. The number of hydrogen-bond acceptors (Lipinski definition) is 4. The Bertz CT molecular complexity index is 1140. The summed E-state index contributed by atoms with van der Waals surface area (Å²) < 4.78 is 0. The number of nitrogens with one attached hydrogen (secondary N) is 1. The van der Waals surface area contributed by atoms with Gasteiger partial charge in [-0.2, -0.15) is 0 Å². The van der Waals surface area contributed by atoms with Crippen molar-refractivity contribution in [3.63, 3.8) is 0 Å². The number of urea groups is 1. The fourth-order valence-corrected chi connectivity index (χ4v) is 4.76. The Labute approximate surface area is 185 Å². The predicted molar refractivity (Wildman–Crippen MR) is 118 cm³/mol. The average molecular weight is 432 g/mol. The zero-order valence-electron chi connectivity index (χ0n) is 18.0. The molecule has 3 aliphatic heterocycles. The standard InChI is InChI=1S/C24H24N4O4/c1-14-3-5-17(6-4-14)28-15(2)12-26(24(28)32)18-7-8-19-16(11-18)13-27(23(19)31)20-9-10-21(29)25-22(20)30/h3-8,11,15,20H,9-10,12-13H2,1-2H3,(H,25,29,30)/t15-,20?/m1/s1. The van der Waals surface area contributed by atoms with E-state index in [1.165, 1.54) is 4.90 Å². The summed E-state index contributed by atoms with van der Waals surface area (Å²) in [4.78, 5) is 54.9. The Morgan fingerprint density at radius 3 is 2.41 bits per heavy atom. The van der Waals surface area contributed by atoms with Gasteiger partial charge >= 0.3 is 6.03 Å². The van der Waals surface area contributed by atoms with Gasteiger partial charge in [-0.15, -0.1) is 0 Å². The van der Waals surface area contributed by atoms with Gasteiger partial charge in [-0.1, -0.05) is 17.7 Å². The first-order valence-corrected chi connectivity index (χ1v) is 10.8. The molecule has 3 heterocycles. The van der Waals surface area contributed by atoms with E-state index in [1.54, 1.807) is 21.9 Å². The molecule has 0 aliphatic carbocycles. The first-order valence-electron chi connectivity index (χ1n) is 10.8. The summed E-state index contributed by atoms with van der Waals surface area (Å²) in [5.74, 6) is -0.958. The highest BCUT2D eigenvalue weighted by Crippen LogP contribution is 2.33. The van der Waals surface area contributed by atoms with Gasteiger partial charge < -0.3 is 4.90 Å². The molecule has 2 atom stereocenters. The van der Waals surface area contributed by atoms with Crippen molar-refractivity contribution in [2.24, 2.45) is 0 Å². The Morgan fingerprint density at radius 1 is 0.969 bits per heavy atom. The number of carbonyl (C=O) groups is 4. The van der Waals surface area contributed by atoms with E-state index >= 15 is 0 Å². The second-order valence-corrected chi connectivity index (χ2v) is 8.69. The number of nitrogens with zero attached hydrogens (tertiary/aromatic N) is 3. The number of rotatable bonds is 3. The van der Waals surface area contributed by atoms with Crippen molar-refractivity contribution in [2.45, 2.75) is 45.3 Å². The van der Waals surface area contributed by atoms with Crippen LogP contribution in [0.1, 0.15) is 41.3 Å². The molecule has 2 saturated heterocycles. The third kappa shape index (κ3) is 3.23. The van der Waals surface area contributed by atoms with E-state index in [2.05, 4.69) is 5.32 Å². The molecule has 0 bridgehead atoms. The second-order valence-electron chi connectivity index (χ2n) is 8.69. The summed E-state index contributed by atoms with van der Waals surface area (Å²) in [5.41, 5.74) is 4.04. The number of piperidine rings is 1. The largest absolute Gasteiger partial charge is 0.329 e. The van der Waals surface area contributed by atoms with Crippen molar-refractivity contribution >= 4 is 35.1 Å². The van der Waals surface area contributed by atoms with Crippen LogP contribution in [0.5, 0.6) is 0 Å². The van der Waals surface area contributed by atoms with Crippen molar-refractivity contribution in [1.29, 1.82) is 0 Å². The first-order chi connectivity index (χ1) is 15.3. The van der Waals surface area contributed by atoms with Crippen LogP contribution in [0, 0.1) is 6.92 Å². The number of aryl methyl sites for hydroxylation is 1. The zero-order valence-corrected chi connectivity index (χ0v) is 18.0. The summed E-state index contributed by atoms with van der Waals surface area (Å²) in [7, 11) is 0. The maximum Gasteiger partial charge on any atom is 0.329 e. The van der Waals surface area contributed by atoms with Crippen LogP contribution in [0.15, 0.2) is 42.5 Å². The third-order valence-corrected chi connectivity index (χ3v) is 6.46. The maximum atomic E-state index is 13.2. The number of anilines is 2. The summed E-state index contributed by atoms with van der Waals surface area (Å²) in [6, 6.07) is 12.5. The summed E-state index contributed by atoms with van der Waals surface area (Å²) >= 11 is 0. The number of fused-ring (bicyclic) bond motifs is 1. The number of imide groups is 1. The lowest BCUT2D eigenvalue weighted by Gasteiger charge is -2.29. The van der Waals surface area contributed by atoms with Gasteiger partial charge in [0.05, 0.1) is 6.04 Å². The van der Waals surface area contributed by atoms with E-state index in [1.807, 2.05) is 44.2 Å². The van der Waals surface area contributed by atoms with E-state index < -0.39 is 11.9 Å². The van der Waals surface area contributed by atoms with Gasteiger partial charge in [-0.3, -0.25) is 29.5 Å². The van der Waals surface area contributed by atoms with Crippen molar-refractivity contribution in [3.05, 3.63) is 59.2 Å². The molecule has 8 nitrogen and oxygen atoms in total. The monoisotopic (exact) mass is 432 g/mol. The van der Waals surface area contributed by atoms with Crippen molar-refractivity contribution in [2.75, 3.05) is 16.3 Å². The number of amides is 5. The molecule has 2 aromatic carbocycles. The van der Waals surface area contributed by atoms with E-state index in [-0.39, 0.29) is 36.9 Å². The molecule has 3 aliphatic rings. The van der Waals surface area contributed by atoms with Crippen molar-refractivity contribution < 1.29 is 19.2 Å². The van der Waals surface area contributed by atoms with Gasteiger partial charge in [0.1, 0.15) is 6.04 Å². The number of benzene rings is 2. The Hall–Kier alpha value is -3.68. The molecule has 0 radical (unpaired) electrons. The minimum Gasteiger partial charge on any atom is -0.322 e. The van der Waals surface area contributed by atoms with Gasteiger partial charge in [0.15, 0.2) is 0 Å². The van der Waals surface area contributed by atoms with E-state index in [9.17, 15) is 19.2 Å². The lowest BCUT2D eigenvalue weighted by atomic mass is 10.0. The second kappa shape index (κ2) is 7.47. The molecular formula is C24H24N4O4. The smallest absolute Gasteiger partial charge is 0.322 e. The average Bonchev–Trinajstić information content (AvgIpc) is 3.24. The summed E-state index contributed by atoms with van der Waals surface area (Å²) in [6.45, 7) is 4.85. The van der Waals surface area contributed by atoms with Crippen LogP contribution in [-0.4, -0.2) is 47.3 Å². The highest BCUT2D eigenvalue weighted by atomic mass is 16.2. The van der Waals surface area contributed by atoms with Crippen LogP contribution < -0.4 is 15.1 Å². The number of carbonyl (C=O) groups excluding carboxylic acids is 4. The highest BCUT2D eigenvalue weighted by molar-refractivity contribution is 6.08. The molecule has 2 aromatic rings. The Kier molecular flexibility index (Phi) is 4.73. The van der Waals surface area contributed by atoms with Crippen LogP contribution in [0.3, 0.4) is 0 Å². The van der Waals surface area contributed by atoms with Gasteiger partial charge in [-0.05, 0) is 56.2 Å². The van der Waals surface area contributed by atoms with E-state index in [4.69, 9.17) is 0 Å². The fraction of sp³-hybridized carbons (Fsp3) is 0.333. The van der Waals surface area contributed by atoms with Crippen molar-refractivity contribution in [3.8, 4) is 0 Å². The van der Waals surface area contributed by atoms with Gasteiger partial charge in [0.2, 0.25) is 11.8 Å². The molecule has 164 valence electrons. The topological polar surface area (TPSA) is 90.0 Å². The number of hydrogen-bond donors (Lipinski definition) is 1. The van der Waals surface area contributed by atoms with Gasteiger partial charge in [0.25, 0.3) is 5.91 Å². The van der Waals surface area contributed by atoms with Crippen LogP contribution in [0.2, 0.25) is 0 Å². The molecule has 32 heavy (non-hydrogen) atoms. The zero-order chi connectivity index (χ0) is 22.6. The fourth-order valence-electron chi connectivity index (χ4n) is 4.76. The minimum atomic E-state index is -0.651. The summed E-state index contributed by atoms with van der Waals surface area (Å²) in [6.07, 6.45) is 0.543. The maximum absolute atomic E-state index is 13.2. The molecule has 0 saturated carbocycles. The predicted octanol–water partition coefficient (Wildman–Crippen LogP) is 2.59. The van der Waals surface area contributed by atoms with Crippen molar-refractivity contribution in [1.82, 2.24) is 10.2 Å². The SMILES string of the molecule is Cc1ccc(N2C(=O)N(c3ccc4c(c3)CN(C3CCC(=O)NC3=O)C4=O)C[C@H]2C)cc1. The normalized spacial score (nSPS) is 23.1. The third-order valence-electron chi connectivity index (χ3n) is 6.46. The minimum absolute atomic E-state index is 0.0000582. The van der Waals surface area contributed by atoms with E-state index in [0.717, 1.165) is 22.5 Å². The van der Waals surface area contributed by atoms with Crippen LogP contribution >= 0.6 is 0 Å². The lowest BCUT2D eigenvalue weighted by Crippen LogP contribution is -2.52. The molecule has 1 unspecified atom stereocenters. The molecule has 5 rings (SSSR count). The van der Waals surface area contributed by atoms with Crippen LogP contribution in [0.4, 0.5) is 16.2 Å². The molecule has 0 spiro atoms. The Morgan fingerprint density at radius 2 is 1.69 bits per heavy atom. The molecule has 5 amide bonds. The molecule has 2 fully saturated rings. The Balaban J connectivity index is 1.38. The van der Waals surface area contributed by atoms with Gasteiger partial charge in [0, 0.05) is 36.4 Å². The molecular weight excluding hydrogens is 408 g/mol. The summed E-state index contributed by atoms with van der Waals surface area (Å²) in [5, 5.41) is 2.31. The van der Waals surface area contributed by atoms with Crippen LogP contribution in [-0.2, 0) is 16.1 Å². The van der Waals surface area contributed by atoms with Gasteiger partial charge in [-0.25, -0.2) is 4.79 Å². The highest BCUT2D eigenvalue weighted by Gasteiger charge is 2.40. The molecule has 1 N–H and O–H groups in total. The van der Waals surface area contributed by atoms with E-state index in [0.29, 0.717) is 18.5 Å². The van der Waals surface area contributed by atoms with Crippen LogP contribution in [0.25, 0.3) is 0 Å².